The number of nitrogens with zero attached hydrogens (tertiary/aromatic N) is 2. The summed E-state index contributed by atoms with van der Waals surface area (Å²) in [4.78, 5) is 0. The first-order valence-electron chi connectivity index (χ1n) is 10.7. The quantitative estimate of drug-likeness (QED) is 0.366. The topological polar surface area (TPSA) is 57.1 Å². The van der Waals surface area contributed by atoms with Gasteiger partial charge in [-0.25, -0.2) is 5.01 Å². The number of phenolic OH excluding ortho intramolecular Hbond substituents is 1. The maximum absolute atomic E-state index is 10.8. The molecule has 4 aromatic carbocycles. The minimum absolute atomic E-state index is 0.182. The average molecular weight is 454 g/mol. The number of fused-ring (bicyclic) bond motifs is 1. The number of methoxy groups -OCH3 is 1. The Labute approximate surface area is 197 Å². The Hall–Kier alpha value is -3.90. The Bertz CT molecular complexity index is 1350. The monoisotopic (exact) mass is 453 g/mol. The second kappa shape index (κ2) is 8.92. The molecule has 0 fully saturated rings. The highest BCUT2D eigenvalue weighted by Gasteiger charge is 2.34. The molecule has 0 aliphatic carbocycles. The minimum atomic E-state index is -0.182. The van der Waals surface area contributed by atoms with Crippen molar-refractivity contribution in [1.29, 1.82) is 0 Å². The van der Waals surface area contributed by atoms with Crippen LogP contribution >= 0.6 is 12.2 Å². The summed E-state index contributed by atoms with van der Waals surface area (Å²) in [6.07, 6.45) is 0.568. The van der Waals surface area contributed by atoms with E-state index in [1.165, 1.54) is 0 Å². The van der Waals surface area contributed by atoms with Gasteiger partial charge in [0.05, 0.1) is 18.9 Å². The van der Waals surface area contributed by atoms with Gasteiger partial charge in [0.1, 0.15) is 11.5 Å². The number of thiocarbonyl (C=S) groups is 1. The van der Waals surface area contributed by atoms with Crippen LogP contribution in [0.3, 0.4) is 0 Å². The molecule has 5 rings (SSSR count). The van der Waals surface area contributed by atoms with E-state index in [0.29, 0.717) is 11.5 Å². The zero-order valence-corrected chi connectivity index (χ0v) is 18.9. The number of ether oxygens (including phenoxy) is 1. The summed E-state index contributed by atoms with van der Waals surface area (Å²) < 4.78 is 5.65. The number of hydrogen-bond donors (Lipinski definition) is 2. The predicted octanol–water partition coefficient (Wildman–Crippen LogP) is 6.10. The maximum Gasteiger partial charge on any atom is 0.194 e. The van der Waals surface area contributed by atoms with Crippen molar-refractivity contribution in [2.75, 3.05) is 12.4 Å². The van der Waals surface area contributed by atoms with Gasteiger partial charge in [-0.3, -0.25) is 0 Å². The maximum atomic E-state index is 10.8. The highest BCUT2D eigenvalue weighted by Crippen LogP contribution is 2.40. The molecule has 0 saturated heterocycles. The molecular formula is C27H23N3O2S. The van der Waals surface area contributed by atoms with Crippen LogP contribution in [0.5, 0.6) is 11.5 Å². The first-order valence-corrected chi connectivity index (χ1v) is 11.1. The molecule has 1 heterocycles. The van der Waals surface area contributed by atoms with E-state index in [9.17, 15) is 5.11 Å². The lowest BCUT2D eigenvalue weighted by Crippen LogP contribution is -2.31. The lowest BCUT2D eigenvalue weighted by Gasteiger charge is -2.26. The molecular weight excluding hydrogens is 430 g/mol. The zero-order valence-electron chi connectivity index (χ0n) is 18.1. The number of aromatic hydroxyl groups is 1. The van der Waals surface area contributed by atoms with Crippen molar-refractivity contribution >= 4 is 39.5 Å². The third kappa shape index (κ3) is 4.01. The number of nitrogens with one attached hydrogen (secondary N) is 1. The molecule has 0 spiro atoms. The van der Waals surface area contributed by atoms with Crippen LogP contribution in [0.25, 0.3) is 10.8 Å². The molecule has 1 atom stereocenters. The van der Waals surface area contributed by atoms with Crippen molar-refractivity contribution < 1.29 is 9.84 Å². The molecule has 2 N–H and O–H groups in total. The van der Waals surface area contributed by atoms with Crippen LogP contribution in [0, 0.1) is 0 Å². The molecule has 164 valence electrons. The normalized spacial score (nSPS) is 15.4. The Balaban J connectivity index is 1.60. The summed E-state index contributed by atoms with van der Waals surface area (Å²) in [6.45, 7) is 0. The van der Waals surface area contributed by atoms with Crippen LogP contribution < -0.4 is 10.1 Å². The molecule has 6 heteroatoms. The molecule has 1 aliphatic heterocycles. The van der Waals surface area contributed by atoms with E-state index in [1.807, 2.05) is 89.9 Å². The molecule has 33 heavy (non-hydrogen) atoms. The van der Waals surface area contributed by atoms with Gasteiger partial charge in [-0.15, -0.1) is 0 Å². The van der Waals surface area contributed by atoms with E-state index >= 15 is 0 Å². The highest BCUT2D eigenvalue weighted by molar-refractivity contribution is 7.80. The Kier molecular flexibility index (Phi) is 5.67. The van der Waals surface area contributed by atoms with E-state index in [1.54, 1.807) is 13.2 Å². The second-order valence-electron chi connectivity index (χ2n) is 7.83. The van der Waals surface area contributed by atoms with E-state index < -0.39 is 0 Å². The van der Waals surface area contributed by atoms with Crippen molar-refractivity contribution in [3.05, 3.63) is 102 Å². The molecule has 0 amide bonds. The Morgan fingerprint density at radius 1 is 0.970 bits per heavy atom. The van der Waals surface area contributed by atoms with Crippen LogP contribution in [0.4, 0.5) is 5.69 Å². The van der Waals surface area contributed by atoms with E-state index in [-0.39, 0.29) is 11.8 Å². The third-order valence-electron chi connectivity index (χ3n) is 5.84. The fraction of sp³-hybridized carbons (Fsp3) is 0.111. The Morgan fingerprint density at radius 3 is 2.52 bits per heavy atom. The first kappa shape index (κ1) is 21.0. The molecule has 1 unspecified atom stereocenters. The summed E-state index contributed by atoms with van der Waals surface area (Å²) >= 11 is 5.79. The largest absolute Gasteiger partial charge is 0.507 e. The van der Waals surface area contributed by atoms with Crippen LogP contribution in [0.15, 0.2) is 96.1 Å². The molecule has 0 saturated carbocycles. The van der Waals surface area contributed by atoms with Gasteiger partial charge >= 0.3 is 0 Å². The van der Waals surface area contributed by atoms with Gasteiger partial charge in [0, 0.05) is 23.2 Å². The number of anilines is 1. The average Bonchev–Trinajstić information content (AvgIpc) is 3.29. The zero-order chi connectivity index (χ0) is 22.8. The van der Waals surface area contributed by atoms with Gasteiger partial charge in [0.25, 0.3) is 0 Å². The minimum Gasteiger partial charge on any atom is -0.507 e. The van der Waals surface area contributed by atoms with Crippen molar-refractivity contribution in [2.24, 2.45) is 5.10 Å². The van der Waals surface area contributed by atoms with Crippen LogP contribution in [0.1, 0.15) is 23.6 Å². The van der Waals surface area contributed by atoms with E-state index in [0.717, 1.165) is 39.0 Å². The van der Waals surface area contributed by atoms with Crippen molar-refractivity contribution in [3.63, 3.8) is 0 Å². The number of benzene rings is 4. The lowest BCUT2D eigenvalue weighted by molar-refractivity contribution is 0.350. The lowest BCUT2D eigenvalue weighted by atomic mass is 9.94. The fourth-order valence-corrected chi connectivity index (χ4v) is 4.58. The van der Waals surface area contributed by atoms with Gasteiger partial charge in [-0.05, 0) is 47.3 Å². The number of hydrogen-bond acceptors (Lipinski definition) is 4. The summed E-state index contributed by atoms with van der Waals surface area (Å²) in [5.74, 6) is 0.976. The van der Waals surface area contributed by atoms with Gasteiger partial charge < -0.3 is 15.2 Å². The van der Waals surface area contributed by atoms with Crippen molar-refractivity contribution in [2.45, 2.75) is 12.5 Å². The van der Waals surface area contributed by atoms with Crippen LogP contribution in [-0.4, -0.2) is 28.0 Å². The number of hydrazone groups is 1. The fourth-order valence-electron chi connectivity index (χ4n) is 4.30. The predicted molar refractivity (Wildman–Crippen MR) is 137 cm³/mol. The number of rotatable bonds is 4. The Morgan fingerprint density at radius 2 is 1.70 bits per heavy atom. The molecule has 0 radical (unpaired) electrons. The van der Waals surface area contributed by atoms with Gasteiger partial charge in [0.15, 0.2) is 5.11 Å². The smallest absolute Gasteiger partial charge is 0.194 e. The second-order valence-corrected chi connectivity index (χ2v) is 8.22. The summed E-state index contributed by atoms with van der Waals surface area (Å²) in [6, 6.07) is 29.1. The summed E-state index contributed by atoms with van der Waals surface area (Å²) in [5.41, 5.74) is 3.38. The highest BCUT2D eigenvalue weighted by atomic mass is 32.1. The van der Waals surface area contributed by atoms with E-state index in [2.05, 4.69) is 5.32 Å². The van der Waals surface area contributed by atoms with Gasteiger partial charge in [-0.2, -0.15) is 5.10 Å². The molecule has 0 aromatic heterocycles. The standard InChI is InChI=1S/C27H23N3O2S/c1-32-25-14-8-7-13-21(25)23-17-22(26-20-12-6-5-9-18(20)15-16-24(26)31)29-30(23)27(33)28-19-10-3-2-4-11-19/h2-16,23,31H,17H2,1H3,(H,28,33). The molecule has 0 bridgehead atoms. The van der Waals surface area contributed by atoms with E-state index in [4.69, 9.17) is 22.1 Å². The SMILES string of the molecule is COc1ccccc1C1CC(c2c(O)ccc3ccccc23)=NN1C(=S)Nc1ccccc1. The van der Waals surface area contributed by atoms with Crippen molar-refractivity contribution in [1.82, 2.24) is 5.01 Å². The summed E-state index contributed by atoms with van der Waals surface area (Å²) in [7, 11) is 1.66. The van der Waals surface area contributed by atoms with Gasteiger partial charge in [-0.1, -0.05) is 66.7 Å². The number of para-hydroxylation sites is 2. The first-order chi connectivity index (χ1) is 16.2. The van der Waals surface area contributed by atoms with Crippen LogP contribution in [-0.2, 0) is 0 Å². The van der Waals surface area contributed by atoms with Crippen LogP contribution in [0.2, 0.25) is 0 Å². The van der Waals surface area contributed by atoms with Gasteiger partial charge in [0.2, 0.25) is 0 Å². The van der Waals surface area contributed by atoms with Crippen molar-refractivity contribution in [3.8, 4) is 11.5 Å². The molecule has 1 aliphatic rings. The molecule has 5 nitrogen and oxygen atoms in total. The number of phenols is 1. The third-order valence-corrected chi connectivity index (χ3v) is 6.13. The molecule has 4 aromatic rings. The summed E-state index contributed by atoms with van der Waals surface area (Å²) in [5, 5.41) is 23.3.